The molecule has 0 radical (unpaired) electrons. The Morgan fingerprint density at radius 3 is 2.58 bits per heavy atom. The van der Waals surface area contributed by atoms with Crippen molar-refractivity contribution in [3.63, 3.8) is 0 Å². The Morgan fingerprint density at radius 1 is 1.03 bits per heavy atom. The molecule has 2 heterocycles. The summed E-state index contributed by atoms with van der Waals surface area (Å²) in [5, 5.41) is 12.3. The monoisotopic (exact) mass is 420 g/mol. The summed E-state index contributed by atoms with van der Waals surface area (Å²) in [5.74, 6) is 0.765. The van der Waals surface area contributed by atoms with Crippen LogP contribution < -0.4 is 10.4 Å². The smallest absolute Gasteiger partial charge is 0.368 e. The number of hydrogen-bond donors (Lipinski definition) is 0. The Hall–Kier alpha value is -3.72. The molecular weight excluding hydrogens is 396 g/mol. The second-order valence-corrected chi connectivity index (χ2v) is 7.30. The van der Waals surface area contributed by atoms with E-state index in [2.05, 4.69) is 15.5 Å². The lowest BCUT2D eigenvalue weighted by molar-refractivity contribution is 0.121. The second kappa shape index (κ2) is 8.57. The fourth-order valence-corrected chi connectivity index (χ4v) is 3.38. The van der Waals surface area contributed by atoms with Gasteiger partial charge in [0, 0.05) is 31.5 Å². The molecule has 0 saturated carbocycles. The maximum absolute atomic E-state index is 12.3. The largest absolute Gasteiger partial charge is 0.489 e. The third kappa shape index (κ3) is 4.13. The van der Waals surface area contributed by atoms with E-state index in [9.17, 15) is 4.79 Å². The van der Waals surface area contributed by atoms with Crippen LogP contribution in [0.25, 0.3) is 16.9 Å². The van der Waals surface area contributed by atoms with E-state index in [1.165, 1.54) is 9.36 Å². The molecule has 0 N–H and O–H groups in total. The zero-order valence-corrected chi connectivity index (χ0v) is 17.9. The number of aryl methyl sites for hydroxylation is 3. The predicted octanol–water partition coefficient (Wildman–Crippen LogP) is 2.63. The molecule has 0 atom stereocenters. The van der Waals surface area contributed by atoms with E-state index in [0.717, 1.165) is 33.7 Å². The van der Waals surface area contributed by atoms with Crippen LogP contribution in [0.4, 0.5) is 0 Å². The van der Waals surface area contributed by atoms with Gasteiger partial charge in [0.05, 0.1) is 11.4 Å². The van der Waals surface area contributed by atoms with Crippen molar-refractivity contribution in [2.75, 3.05) is 7.11 Å². The third-order valence-electron chi connectivity index (χ3n) is 5.08. The van der Waals surface area contributed by atoms with Crippen molar-refractivity contribution >= 4 is 0 Å². The molecular formula is C22H24N6O3. The molecule has 4 aromatic rings. The first-order valence-corrected chi connectivity index (χ1v) is 9.82. The van der Waals surface area contributed by atoms with Crippen molar-refractivity contribution in [2.24, 2.45) is 7.05 Å². The lowest BCUT2D eigenvalue weighted by Crippen LogP contribution is -2.23. The van der Waals surface area contributed by atoms with Crippen molar-refractivity contribution in [1.82, 2.24) is 29.6 Å². The first-order chi connectivity index (χ1) is 15.0. The molecule has 160 valence electrons. The maximum Gasteiger partial charge on any atom is 0.368 e. The van der Waals surface area contributed by atoms with Gasteiger partial charge in [-0.3, -0.25) is 0 Å². The summed E-state index contributed by atoms with van der Waals surface area (Å²) in [6.45, 7) is 4.69. The van der Waals surface area contributed by atoms with Crippen LogP contribution in [0.2, 0.25) is 0 Å². The Labute approximate surface area is 179 Å². The van der Waals surface area contributed by atoms with Crippen LogP contribution in [-0.2, 0) is 25.1 Å². The second-order valence-electron chi connectivity index (χ2n) is 7.30. The van der Waals surface area contributed by atoms with Crippen LogP contribution in [0.3, 0.4) is 0 Å². The van der Waals surface area contributed by atoms with Crippen LogP contribution in [-0.4, -0.2) is 36.7 Å². The molecule has 0 aliphatic carbocycles. The van der Waals surface area contributed by atoms with Gasteiger partial charge in [0.25, 0.3) is 0 Å². The summed E-state index contributed by atoms with van der Waals surface area (Å²) in [6, 6.07) is 13.6. The fourth-order valence-electron chi connectivity index (χ4n) is 3.38. The summed E-state index contributed by atoms with van der Waals surface area (Å²) in [5.41, 5.74) is 5.11. The minimum absolute atomic E-state index is 0.299. The molecule has 31 heavy (non-hydrogen) atoms. The van der Waals surface area contributed by atoms with Crippen molar-refractivity contribution in [1.29, 1.82) is 0 Å². The molecule has 0 aliphatic rings. The topological polar surface area (TPSA) is 89.0 Å². The lowest BCUT2D eigenvalue weighted by Gasteiger charge is -2.14. The number of tetrazole rings is 1. The van der Waals surface area contributed by atoms with Crippen LogP contribution in [0.15, 0.2) is 53.5 Å². The molecule has 9 nitrogen and oxygen atoms in total. The van der Waals surface area contributed by atoms with Gasteiger partial charge in [-0.25, -0.2) is 9.48 Å². The highest BCUT2D eigenvalue weighted by Crippen LogP contribution is 2.27. The Bertz CT molecular complexity index is 1270. The normalized spacial score (nSPS) is 11.1. The summed E-state index contributed by atoms with van der Waals surface area (Å²) >= 11 is 0. The molecule has 2 aromatic carbocycles. The predicted molar refractivity (Wildman–Crippen MR) is 115 cm³/mol. The molecule has 9 heteroatoms. The van der Waals surface area contributed by atoms with Crippen molar-refractivity contribution in [2.45, 2.75) is 27.2 Å². The van der Waals surface area contributed by atoms with Crippen LogP contribution in [0.1, 0.15) is 16.7 Å². The summed E-state index contributed by atoms with van der Waals surface area (Å²) in [6.07, 6.45) is 1.88. The molecule has 0 fully saturated rings. The Morgan fingerprint density at radius 2 is 1.87 bits per heavy atom. The maximum atomic E-state index is 12.3. The molecule has 0 unspecified atom stereocenters. The molecule has 4 rings (SSSR count). The van der Waals surface area contributed by atoms with Gasteiger partial charge in [-0.2, -0.15) is 14.5 Å². The molecule has 0 saturated heterocycles. The zero-order valence-electron chi connectivity index (χ0n) is 17.9. The lowest BCUT2D eigenvalue weighted by atomic mass is 10.1. The van der Waals surface area contributed by atoms with Gasteiger partial charge in [-0.15, -0.1) is 0 Å². The molecule has 0 aliphatic heterocycles. The number of methoxy groups -OCH3 is 1. The van der Waals surface area contributed by atoms with Crippen LogP contribution in [0.5, 0.6) is 5.75 Å². The Balaban J connectivity index is 1.57. The average molecular weight is 420 g/mol. The van der Waals surface area contributed by atoms with E-state index in [1.54, 1.807) is 18.8 Å². The quantitative estimate of drug-likeness (QED) is 0.457. The highest BCUT2D eigenvalue weighted by molar-refractivity contribution is 5.61. The van der Waals surface area contributed by atoms with E-state index >= 15 is 0 Å². The third-order valence-corrected chi connectivity index (χ3v) is 5.08. The molecule has 0 amide bonds. The minimum Gasteiger partial charge on any atom is -0.489 e. The van der Waals surface area contributed by atoms with E-state index in [4.69, 9.17) is 9.47 Å². The SMILES string of the molecule is COCn1ccc(-c2ccc(OCc3c(C)cccc3-n3nnn(C)c3=O)c(C)c2)n1. The van der Waals surface area contributed by atoms with Crippen LogP contribution in [0, 0.1) is 13.8 Å². The first kappa shape index (κ1) is 20.5. The van der Waals surface area contributed by atoms with Gasteiger partial charge in [0.1, 0.15) is 19.1 Å². The van der Waals surface area contributed by atoms with Crippen molar-refractivity contribution in [3.8, 4) is 22.7 Å². The number of benzene rings is 2. The minimum atomic E-state index is -0.305. The van der Waals surface area contributed by atoms with Crippen molar-refractivity contribution in [3.05, 3.63) is 75.8 Å². The number of aromatic nitrogens is 6. The highest BCUT2D eigenvalue weighted by Gasteiger charge is 2.14. The van der Waals surface area contributed by atoms with Gasteiger partial charge in [-0.1, -0.05) is 12.1 Å². The van der Waals surface area contributed by atoms with Crippen LogP contribution >= 0.6 is 0 Å². The van der Waals surface area contributed by atoms with Gasteiger partial charge >= 0.3 is 5.69 Å². The average Bonchev–Trinajstić information content (AvgIpc) is 3.35. The molecule has 0 spiro atoms. The first-order valence-electron chi connectivity index (χ1n) is 9.82. The van der Waals surface area contributed by atoms with Gasteiger partial charge in [-0.05, 0) is 65.7 Å². The Kier molecular flexibility index (Phi) is 5.68. The fraction of sp³-hybridized carbons (Fsp3) is 0.273. The summed E-state index contributed by atoms with van der Waals surface area (Å²) in [4.78, 5) is 12.3. The standard InChI is InChI=1S/C22H24N6O3/c1-15-6-5-7-20(28-22(29)26(3)24-25-28)18(15)13-31-21-9-8-17(12-16(21)2)19-10-11-27(23-19)14-30-4/h5-12H,13-14H2,1-4H3. The number of ether oxygens (including phenoxy) is 2. The number of rotatable bonds is 7. The van der Waals surface area contributed by atoms with Gasteiger partial charge in [0.2, 0.25) is 0 Å². The summed E-state index contributed by atoms with van der Waals surface area (Å²) in [7, 11) is 3.21. The molecule has 2 aromatic heterocycles. The van der Waals surface area contributed by atoms with E-state index in [1.807, 2.05) is 62.5 Å². The number of nitrogens with zero attached hydrogens (tertiary/aromatic N) is 6. The summed E-state index contributed by atoms with van der Waals surface area (Å²) < 4.78 is 15.5. The van der Waals surface area contributed by atoms with E-state index in [0.29, 0.717) is 19.0 Å². The van der Waals surface area contributed by atoms with E-state index < -0.39 is 0 Å². The zero-order chi connectivity index (χ0) is 22.0. The van der Waals surface area contributed by atoms with E-state index in [-0.39, 0.29) is 5.69 Å². The number of hydrogen-bond acceptors (Lipinski definition) is 6. The van der Waals surface area contributed by atoms with Gasteiger partial charge in [0.15, 0.2) is 0 Å². The molecule has 0 bridgehead atoms. The van der Waals surface area contributed by atoms with Crippen molar-refractivity contribution < 1.29 is 9.47 Å². The van der Waals surface area contributed by atoms with Gasteiger partial charge < -0.3 is 9.47 Å². The highest BCUT2D eigenvalue weighted by atomic mass is 16.5.